The Morgan fingerprint density at radius 1 is 1.53 bits per heavy atom. The van der Waals surface area contributed by atoms with E-state index in [0.717, 1.165) is 5.56 Å². The number of carboxylic acids is 1. The molecular weight excluding hydrogens is 222 g/mol. The number of aliphatic carboxylic acids is 1. The highest BCUT2D eigenvalue weighted by molar-refractivity contribution is 5.92. The summed E-state index contributed by atoms with van der Waals surface area (Å²) in [5, 5.41) is 16.2. The predicted octanol–water partition coefficient (Wildman–Crippen LogP) is 0.578. The Bertz CT molecular complexity index is 434. The molecule has 17 heavy (non-hydrogen) atoms. The third kappa shape index (κ3) is 3.51. The van der Waals surface area contributed by atoms with Crippen LogP contribution in [0.15, 0.2) is 12.3 Å². The fraction of sp³-hybridized carbons (Fsp3) is 0.455. The van der Waals surface area contributed by atoms with E-state index in [1.807, 2.05) is 6.92 Å². The van der Waals surface area contributed by atoms with E-state index < -0.39 is 11.9 Å². The number of nitrogens with zero attached hydrogens (tertiary/aromatic N) is 3. The number of rotatable bonds is 4. The molecule has 6 nitrogen and oxygen atoms in total. The van der Waals surface area contributed by atoms with Gasteiger partial charge >= 0.3 is 5.97 Å². The van der Waals surface area contributed by atoms with Crippen molar-refractivity contribution >= 4 is 11.9 Å². The highest BCUT2D eigenvalue weighted by Gasteiger charge is 2.19. The molecule has 0 aliphatic rings. The Morgan fingerprint density at radius 3 is 2.71 bits per heavy atom. The SMILES string of the molecule is Cc1cnnc(C(=O)N(C)CC(C)C(=O)O)c1. The fourth-order valence-electron chi connectivity index (χ4n) is 1.34. The fourth-order valence-corrected chi connectivity index (χ4v) is 1.34. The lowest BCUT2D eigenvalue weighted by atomic mass is 10.1. The number of hydrogen-bond acceptors (Lipinski definition) is 4. The second-order valence-electron chi connectivity index (χ2n) is 4.04. The largest absolute Gasteiger partial charge is 0.481 e. The van der Waals surface area contributed by atoms with Crippen LogP contribution in [0.5, 0.6) is 0 Å². The zero-order valence-electron chi connectivity index (χ0n) is 10.0. The summed E-state index contributed by atoms with van der Waals surface area (Å²) in [6.45, 7) is 3.50. The molecule has 1 aromatic rings. The van der Waals surface area contributed by atoms with Crippen LogP contribution in [0.3, 0.4) is 0 Å². The van der Waals surface area contributed by atoms with E-state index in [0.29, 0.717) is 0 Å². The molecule has 1 atom stereocenters. The van der Waals surface area contributed by atoms with Crippen LogP contribution in [-0.2, 0) is 4.79 Å². The molecule has 0 fully saturated rings. The first kappa shape index (κ1) is 13.1. The quantitative estimate of drug-likeness (QED) is 0.828. The van der Waals surface area contributed by atoms with Gasteiger partial charge in [0.15, 0.2) is 5.69 Å². The van der Waals surface area contributed by atoms with Gasteiger partial charge in [0, 0.05) is 13.6 Å². The van der Waals surface area contributed by atoms with E-state index in [1.54, 1.807) is 26.2 Å². The second kappa shape index (κ2) is 5.38. The zero-order chi connectivity index (χ0) is 13.0. The molecular formula is C11H15N3O3. The van der Waals surface area contributed by atoms with E-state index in [2.05, 4.69) is 10.2 Å². The number of aryl methyl sites for hydroxylation is 1. The van der Waals surface area contributed by atoms with Gasteiger partial charge in [-0.15, -0.1) is 5.10 Å². The minimum absolute atomic E-state index is 0.143. The first-order chi connectivity index (χ1) is 7.91. The topological polar surface area (TPSA) is 83.4 Å². The molecule has 1 unspecified atom stereocenters. The van der Waals surface area contributed by atoms with Crippen molar-refractivity contribution in [2.24, 2.45) is 5.92 Å². The number of carbonyl (C=O) groups excluding carboxylic acids is 1. The molecule has 1 N–H and O–H groups in total. The molecule has 1 heterocycles. The van der Waals surface area contributed by atoms with Crippen molar-refractivity contribution < 1.29 is 14.7 Å². The maximum Gasteiger partial charge on any atom is 0.308 e. The normalized spacial score (nSPS) is 11.9. The molecule has 0 spiro atoms. The van der Waals surface area contributed by atoms with Crippen molar-refractivity contribution in [3.05, 3.63) is 23.5 Å². The van der Waals surface area contributed by atoms with Crippen LogP contribution < -0.4 is 0 Å². The molecule has 6 heteroatoms. The Labute approximate surface area is 99.3 Å². The van der Waals surface area contributed by atoms with E-state index >= 15 is 0 Å². The molecule has 0 aliphatic heterocycles. The maximum atomic E-state index is 11.9. The Balaban J connectivity index is 2.73. The lowest BCUT2D eigenvalue weighted by Crippen LogP contribution is -2.34. The summed E-state index contributed by atoms with van der Waals surface area (Å²) in [5.74, 6) is -1.86. The van der Waals surface area contributed by atoms with E-state index in [1.165, 1.54) is 4.90 Å². The molecule has 0 saturated carbocycles. The highest BCUT2D eigenvalue weighted by Crippen LogP contribution is 2.05. The summed E-state index contributed by atoms with van der Waals surface area (Å²) >= 11 is 0. The maximum absolute atomic E-state index is 11.9. The van der Waals surface area contributed by atoms with Crippen molar-refractivity contribution in [1.82, 2.24) is 15.1 Å². The summed E-state index contributed by atoms with van der Waals surface area (Å²) in [4.78, 5) is 23.9. The van der Waals surface area contributed by atoms with Gasteiger partial charge < -0.3 is 10.0 Å². The second-order valence-corrected chi connectivity index (χ2v) is 4.04. The van der Waals surface area contributed by atoms with E-state index in [9.17, 15) is 9.59 Å². The minimum atomic E-state index is -0.931. The van der Waals surface area contributed by atoms with Crippen LogP contribution >= 0.6 is 0 Å². The van der Waals surface area contributed by atoms with Crippen molar-refractivity contribution in [1.29, 1.82) is 0 Å². The van der Waals surface area contributed by atoms with Gasteiger partial charge in [0.1, 0.15) is 0 Å². The van der Waals surface area contributed by atoms with E-state index in [-0.39, 0.29) is 18.1 Å². The summed E-state index contributed by atoms with van der Waals surface area (Å²) < 4.78 is 0. The summed E-state index contributed by atoms with van der Waals surface area (Å²) in [5.41, 5.74) is 1.06. The highest BCUT2D eigenvalue weighted by atomic mass is 16.4. The molecule has 0 bridgehead atoms. The standard InChI is InChI=1S/C11H15N3O3/c1-7-4-9(13-12-5-7)10(15)14(3)6-8(2)11(16)17/h4-5,8H,6H2,1-3H3,(H,16,17). The van der Waals surface area contributed by atoms with Crippen LogP contribution in [-0.4, -0.2) is 45.7 Å². The molecule has 1 amide bonds. The van der Waals surface area contributed by atoms with Crippen LogP contribution in [0.2, 0.25) is 0 Å². The van der Waals surface area contributed by atoms with Gasteiger partial charge in [0.05, 0.1) is 12.1 Å². The number of carbonyl (C=O) groups is 2. The number of hydrogen-bond donors (Lipinski definition) is 1. The molecule has 0 aromatic carbocycles. The molecule has 0 aliphatic carbocycles. The Hall–Kier alpha value is -1.98. The van der Waals surface area contributed by atoms with Gasteiger partial charge in [0.2, 0.25) is 0 Å². The number of carboxylic acid groups (broad SMARTS) is 1. The minimum Gasteiger partial charge on any atom is -0.481 e. The Kier molecular flexibility index (Phi) is 4.14. The molecule has 0 saturated heterocycles. The predicted molar refractivity (Wildman–Crippen MR) is 60.5 cm³/mol. The third-order valence-electron chi connectivity index (χ3n) is 2.33. The average Bonchev–Trinajstić information content (AvgIpc) is 2.27. The van der Waals surface area contributed by atoms with Crippen molar-refractivity contribution in [3.63, 3.8) is 0 Å². The molecule has 92 valence electrons. The van der Waals surface area contributed by atoms with Crippen LogP contribution in [0.1, 0.15) is 23.0 Å². The van der Waals surface area contributed by atoms with Gasteiger partial charge in [-0.25, -0.2) is 0 Å². The van der Waals surface area contributed by atoms with Crippen LogP contribution in [0, 0.1) is 12.8 Å². The smallest absolute Gasteiger partial charge is 0.308 e. The average molecular weight is 237 g/mol. The van der Waals surface area contributed by atoms with Crippen LogP contribution in [0.4, 0.5) is 0 Å². The van der Waals surface area contributed by atoms with E-state index in [4.69, 9.17) is 5.11 Å². The summed E-state index contributed by atoms with van der Waals surface area (Å²) in [7, 11) is 1.55. The monoisotopic (exact) mass is 237 g/mol. The van der Waals surface area contributed by atoms with Gasteiger partial charge in [-0.3, -0.25) is 9.59 Å². The van der Waals surface area contributed by atoms with Crippen molar-refractivity contribution in [2.45, 2.75) is 13.8 Å². The van der Waals surface area contributed by atoms with Crippen LogP contribution in [0.25, 0.3) is 0 Å². The van der Waals surface area contributed by atoms with Gasteiger partial charge in [-0.05, 0) is 18.6 Å². The summed E-state index contributed by atoms with van der Waals surface area (Å²) in [6.07, 6.45) is 1.55. The zero-order valence-corrected chi connectivity index (χ0v) is 10.0. The molecule has 0 radical (unpaired) electrons. The lowest BCUT2D eigenvalue weighted by Gasteiger charge is -2.18. The first-order valence-corrected chi connectivity index (χ1v) is 5.19. The first-order valence-electron chi connectivity index (χ1n) is 5.19. The van der Waals surface area contributed by atoms with Gasteiger partial charge in [-0.1, -0.05) is 6.92 Å². The lowest BCUT2D eigenvalue weighted by molar-refractivity contribution is -0.141. The molecule has 1 aromatic heterocycles. The Morgan fingerprint density at radius 2 is 2.18 bits per heavy atom. The number of amides is 1. The van der Waals surface area contributed by atoms with Gasteiger partial charge in [0.25, 0.3) is 5.91 Å². The third-order valence-corrected chi connectivity index (χ3v) is 2.33. The van der Waals surface area contributed by atoms with Gasteiger partial charge in [-0.2, -0.15) is 5.10 Å². The molecule has 1 rings (SSSR count). The number of aromatic nitrogens is 2. The van der Waals surface area contributed by atoms with Crippen molar-refractivity contribution in [2.75, 3.05) is 13.6 Å². The summed E-state index contributed by atoms with van der Waals surface area (Å²) in [6, 6.07) is 1.62. The van der Waals surface area contributed by atoms with Crippen molar-refractivity contribution in [3.8, 4) is 0 Å².